The molecular weight excluding hydrogens is 381 g/mol. The zero-order valence-corrected chi connectivity index (χ0v) is 12.1. The maximum atomic E-state index is 11.6. The molecule has 0 spiro atoms. The highest BCUT2D eigenvalue weighted by molar-refractivity contribution is 14.1. The fourth-order valence-electron chi connectivity index (χ4n) is 1.46. The highest BCUT2D eigenvalue weighted by Crippen LogP contribution is 2.10. The van der Waals surface area contributed by atoms with Crippen molar-refractivity contribution in [2.24, 2.45) is 0 Å². The van der Waals surface area contributed by atoms with Gasteiger partial charge in [-0.3, -0.25) is 4.79 Å². The molecule has 0 aliphatic carbocycles. The van der Waals surface area contributed by atoms with Gasteiger partial charge in [-0.2, -0.15) is 0 Å². The van der Waals surface area contributed by atoms with Crippen molar-refractivity contribution in [2.45, 2.75) is 6.54 Å². The summed E-state index contributed by atoms with van der Waals surface area (Å²) in [4.78, 5) is 11.6. The zero-order valence-electron chi connectivity index (χ0n) is 8.36. The lowest BCUT2D eigenvalue weighted by Crippen LogP contribution is -2.18. The van der Waals surface area contributed by atoms with Crippen LogP contribution in [0.2, 0.25) is 0 Å². The Balaban J connectivity index is 2.34. The number of benzene rings is 1. The highest BCUT2D eigenvalue weighted by Gasteiger charge is 1.99. The molecule has 2 aromatic rings. The Morgan fingerprint density at radius 1 is 1.25 bits per heavy atom. The van der Waals surface area contributed by atoms with E-state index in [1.807, 2.05) is 24.4 Å². The molecule has 0 saturated heterocycles. The third kappa shape index (κ3) is 2.95. The summed E-state index contributed by atoms with van der Waals surface area (Å²) in [5, 5.41) is 0. The molecule has 1 aromatic carbocycles. The van der Waals surface area contributed by atoms with Crippen molar-refractivity contribution < 1.29 is 0 Å². The molecule has 0 aliphatic heterocycles. The molecule has 16 heavy (non-hydrogen) atoms. The van der Waals surface area contributed by atoms with E-state index >= 15 is 0 Å². The molecule has 0 atom stereocenters. The second-order valence-electron chi connectivity index (χ2n) is 3.44. The van der Waals surface area contributed by atoms with Crippen molar-refractivity contribution in [2.75, 3.05) is 0 Å². The van der Waals surface area contributed by atoms with Crippen LogP contribution in [-0.4, -0.2) is 4.57 Å². The summed E-state index contributed by atoms with van der Waals surface area (Å²) in [6.45, 7) is 0.606. The SMILES string of the molecule is O=c1ccc(Br)cn1Cc1cccc(I)c1. The number of hydrogen-bond donors (Lipinski definition) is 0. The highest BCUT2D eigenvalue weighted by atomic mass is 127. The van der Waals surface area contributed by atoms with Crippen molar-refractivity contribution in [1.29, 1.82) is 0 Å². The monoisotopic (exact) mass is 389 g/mol. The van der Waals surface area contributed by atoms with Gasteiger partial charge in [-0.1, -0.05) is 12.1 Å². The third-order valence-electron chi connectivity index (χ3n) is 2.19. The Hall–Kier alpha value is -0.620. The Morgan fingerprint density at radius 2 is 2.06 bits per heavy atom. The van der Waals surface area contributed by atoms with Crippen LogP contribution >= 0.6 is 38.5 Å². The predicted octanol–water partition coefficient (Wildman–Crippen LogP) is 3.26. The second-order valence-corrected chi connectivity index (χ2v) is 5.60. The molecule has 0 fully saturated rings. The number of halogens is 2. The van der Waals surface area contributed by atoms with Gasteiger partial charge < -0.3 is 4.57 Å². The lowest BCUT2D eigenvalue weighted by Gasteiger charge is -2.06. The van der Waals surface area contributed by atoms with Gasteiger partial charge in [-0.05, 0) is 62.3 Å². The van der Waals surface area contributed by atoms with Crippen LogP contribution in [0.25, 0.3) is 0 Å². The molecule has 0 unspecified atom stereocenters. The first-order valence-corrected chi connectivity index (χ1v) is 6.63. The molecule has 2 nitrogen and oxygen atoms in total. The van der Waals surface area contributed by atoms with E-state index in [9.17, 15) is 4.79 Å². The molecule has 0 N–H and O–H groups in total. The summed E-state index contributed by atoms with van der Waals surface area (Å²) in [5.74, 6) is 0. The van der Waals surface area contributed by atoms with Gasteiger partial charge in [-0.15, -0.1) is 0 Å². The number of nitrogens with zero attached hydrogens (tertiary/aromatic N) is 1. The van der Waals surface area contributed by atoms with Gasteiger partial charge in [0.1, 0.15) is 0 Å². The lowest BCUT2D eigenvalue weighted by atomic mass is 10.2. The quantitative estimate of drug-likeness (QED) is 0.722. The maximum Gasteiger partial charge on any atom is 0.250 e. The molecule has 2 rings (SSSR count). The van der Waals surface area contributed by atoms with E-state index in [0.29, 0.717) is 6.54 Å². The maximum absolute atomic E-state index is 11.6. The lowest BCUT2D eigenvalue weighted by molar-refractivity contribution is 0.756. The van der Waals surface area contributed by atoms with Crippen LogP contribution in [-0.2, 0) is 6.54 Å². The Labute approximate surface area is 116 Å². The van der Waals surface area contributed by atoms with Crippen molar-refractivity contribution in [3.05, 3.63) is 66.6 Å². The first-order chi connectivity index (χ1) is 7.65. The van der Waals surface area contributed by atoms with E-state index < -0.39 is 0 Å². The van der Waals surface area contributed by atoms with Crippen LogP contribution < -0.4 is 5.56 Å². The van der Waals surface area contributed by atoms with Gasteiger partial charge in [0.05, 0.1) is 6.54 Å². The molecule has 82 valence electrons. The first-order valence-electron chi connectivity index (χ1n) is 4.75. The molecule has 0 amide bonds. The summed E-state index contributed by atoms with van der Waals surface area (Å²) in [5.41, 5.74) is 1.15. The Bertz CT molecular complexity index is 565. The number of hydrogen-bond acceptors (Lipinski definition) is 1. The van der Waals surface area contributed by atoms with E-state index in [-0.39, 0.29) is 5.56 Å². The summed E-state index contributed by atoms with van der Waals surface area (Å²) >= 11 is 5.63. The zero-order chi connectivity index (χ0) is 11.5. The normalized spacial score (nSPS) is 10.4. The average molecular weight is 390 g/mol. The van der Waals surface area contributed by atoms with E-state index in [1.165, 1.54) is 3.57 Å². The van der Waals surface area contributed by atoms with Crippen molar-refractivity contribution in [3.63, 3.8) is 0 Å². The molecule has 0 aliphatic rings. The van der Waals surface area contributed by atoms with Crippen LogP contribution in [0.15, 0.2) is 51.9 Å². The summed E-state index contributed by atoms with van der Waals surface area (Å²) in [6, 6.07) is 11.5. The van der Waals surface area contributed by atoms with Crippen molar-refractivity contribution >= 4 is 38.5 Å². The molecule has 0 radical (unpaired) electrons. The van der Waals surface area contributed by atoms with E-state index in [4.69, 9.17) is 0 Å². The number of rotatable bonds is 2. The molecule has 0 saturated carbocycles. The fraction of sp³-hybridized carbons (Fsp3) is 0.0833. The van der Waals surface area contributed by atoms with Crippen LogP contribution in [0.3, 0.4) is 0 Å². The van der Waals surface area contributed by atoms with E-state index in [1.54, 1.807) is 16.7 Å². The molecule has 4 heteroatoms. The van der Waals surface area contributed by atoms with Crippen LogP contribution in [0, 0.1) is 3.57 Å². The van der Waals surface area contributed by atoms with E-state index in [2.05, 4.69) is 44.6 Å². The van der Waals surface area contributed by atoms with Crippen molar-refractivity contribution in [3.8, 4) is 0 Å². The van der Waals surface area contributed by atoms with Gasteiger partial charge in [0.2, 0.25) is 0 Å². The average Bonchev–Trinajstić information content (AvgIpc) is 2.24. The Kier molecular flexibility index (Phi) is 3.81. The summed E-state index contributed by atoms with van der Waals surface area (Å²) in [6.07, 6.45) is 1.81. The van der Waals surface area contributed by atoms with Crippen molar-refractivity contribution in [1.82, 2.24) is 4.57 Å². The molecular formula is C12H9BrINO. The summed E-state index contributed by atoms with van der Waals surface area (Å²) in [7, 11) is 0. The largest absolute Gasteiger partial charge is 0.310 e. The number of pyridine rings is 1. The fourth-order valence-corrected chi connectivity index (χ4v) is 2.44. The smallest absolute Gasteiger partial charge is 0.250 e. The minimum absolute atomic E-state index is 0.0158. The van der Waals surface area contributed by atoms with Gasteiger partial charge in [0.25, 0.3) is 5.56 Å². The molecule has 1 aromatic heterocycles. The standard InChI is InChI=1S/C12H9BrINO/c13-10-4-5-12(16)15(8-10)7-9-2-1-3-11(14)6-9/h1-6,8H,7H2. The van der Waals surface area contributed by atoms with Gasteiger partial charge in [0, 0.05) is 20.3 Å². The van der Waals surface area contributed by atoms with Gasteiger partial charge >= 0.3 is 0 Å². The van der Waals surface area contributed by atoms with Crippen LogP contribution in [0.5, 0.6) is 0 Å². The first kappa shape index (κ1) is 11.9. The predicted molar refractivity (Wildman–Crippen MR) is 76.7 cm³/mol. The Morgan fingerprint density at radius 3 is 2.81 bits per heavy atom. The minimum atomic E-state index is 0.0158. The molecule has 1 heterocycles. The van der Waals surface area contributed by atoms with Crippen LogP contribution in [0.1, 0.15) is 5.56 Å². The van der Waals surface area contributed by atoms with Gasteiger partial charge in [0.15, 0.2) is 0 Å². The van der Waals surface area contributed by atoms with Crippen LogP contribution in [0.4, 0.5) is 0 Å². The third-order valence-corrected chi connectivity index (χ3v) is 3.33. The van der Waals surface area contributed by atoms with E-state index in [0.717, 1.165) is 10.0 Å². The topological polar surface area (TPSA) is 22.0 Å². The van der Waals surface area contributed by atoms with Gasteiger partial charge in [-0.25, -0.2) is 0 Å². The molecule has 0 bridgehead atoms. The second kappa shape index (κ2) is 5.14. The minimum Gasteiger partial charge on any atom is -0.310 e. The summed E-state index contributed by atoms with van der Waals surface area (Å²) < 4.78 is 3.78. The number of aromatic nitrogens is 1.